The van der Waals surface area contributed by atoms with Crippen LogP contribution in [0.5, 0.6) is 5.75 Å². The summed E-state index contributed by atoms with van der Waals surface area (Å²) in [7, 11) is 1.73. The lowest BCUT2D eigenvalue weighted by Gasteiger charge is -2.39. The van der Waals surface area contributed by atoms with E-state index in [0.717, 1.165) is 24.0 Å². The second kappa shape index (κ2) is 7.90. The van der Waals surface area contributed by atoms with Crippen LogP contribution in [0.25, 0.3) is 0 Å². The summed E-state index contributed by atoms with van der Waals surface area (Å²) in [6.07, 6.45) is 5.69. The van der Waals surface area contributed by atoms with Crippen molar-refractivity contribution in [1.82, 2.24) is 9.80 Å². The van der Waals surface area contributed by atoms with E-state index in [9.17, 15) is 0 Å². The Labute approximate surface area is 181 Å². The van der Waals surface area contributed by atoms with Gasteiger partial charge < -0.3 is 10.1 Å². The van der Waals surface area contributed by atoms with Gasteiger partial charge in [-0.1, -0.05) is 44.9 Å². The van der Waals surface area contributed by atoms with Crippen LogP contribution in [0.1, 0.15) is 56.2 Å². The number of rotatable bonds is 4. The topological polar surface area (TPSA) is 27.7 Å². The second-order valence-electron chi connectivity index (χ2n) is 9.79. The zero-order chi connectivity index (χ0) is 20.7. The van der Waals surface area contributed by atoms with Crippen LogP contribution in [-0.4, -0.2) is 49.1 Å². The summed E-state index contributed by atoms with van der Waals surface area (Å²) in [5.74, 6) is 0.897. The van der Waals surface area contributed by atoms with Gasteiger partial charge in [-0.3, -0.25) is 9.80 Å². The van der Waals surface area contributed by atoms with E-state index in [1.54, 1.807) is 7.11 Å². The first-order valence-corrected chi connectivity index (χ1v) is 11.6. The molecule has 2 aromatic rings. The fourth-order valence-electron chi connectivity index (χ4n) is 5.72. The number of nitrogens with one attached hydrogen (secondary N) is 1. The number of anilines is 2. The average Bonchev–Trinajstić information content (AvgIpc) is 3.29. The molecule has 1 saturated carbocycles. The number of benzene rings is 2. The van der Waals surface area contributed by atoms with Crippen LogP contribution >= 0.6 is 0 Å². The molecular weight excluding hydrogens is 370 g/mol. The highest BCUT2D eigenvalue weighted by atomic mass is 16.5. The van der Waals surface area contributed by atoms with Crippen molar-refractivity contribution in [3.05, 3.63) is 53.1 Å². The molecule has 1 N–H and O–H groups in total. The van der Waals surface area contributed by atoms with Crippen molar-refractivity contribution >= 4 is 11.4 Å². The summed E-state index contributed by atoms with van der Waals surface area (Å²) in [5, 5.41) is 3.64. The minimum atomic E-state index is -0.0284. The van der Waals surface area contributed by atoms with E-state index in [4.69, 9.17) is 4.74 Å². The molecule has 0 spiro atoms. The van der Waals surface area contributed by atoms with E-state index in [1.165, 1.54) is 74.2 Å². The Morgan fingerprint density at radius 3 is 2.43 bits per heavy atom. The average molecular weight is 406 g/mol. The summed E-state index contributed by atoms with van der Waals surface area (Å²) in [4.78, 5) is 5.38. The zero-order valence-corrected chi connectivity index (χ0v) is 18.7. The largest absolute Gasteiger partial charge is 0.497 e. The number of nitrogens with zero attached hydrogens (tertiary/aromatic N) is 2. The van der Waals surface area contributed by atoms with Crippen LogP contribution in [0.15, 0.2) is 36.4 Å². The zero-order valence-electron chi connectivity index (χ0n) is 18.7. The SMILES string of the molecule is COc1ccc2c(c1)Nc1ccc(CN3CCN(C4CCCC4)CC3)cc1C2(C)C. The van der Waals surface area contributed by atoms with Crippen molar-refractivity contribution in [1.29, 1.82) is 0 Å². The van der Waals surface area contributed by atoms with Crippen molar-refractivity contribution in [2.45, 2.75) is 57.5 Å². The molecule has 2 aliphatic heterocycles. The lowest BCUT2D eigenvalue weighted by atomic mass is 9.74. The fourth-order valence-corrected chi connectivity index (χ4v) is 5.72. The first-order chi connectivity index (χ1) is 14.5. The minimum Gasteiger partial charge on any atom is -0.497 e. The van der Waals surface area contributed by atoms with E-state index in [1.807, 2.05) is 0 Å². The molecule has 160 valence electrons. The maximum absolute atomic E-state index is 5.43. The molecule has 0 atom stereocenters. The number of piperazine rings is 1. The van der Waals surface area contributed by atoms with Gasteiger partial charge in [0.05, 0.1) is 7.11 Å². The normalized spacial score (nSPS) is 21.7. The van der Waals surface area contributed by atoms with Gasteiger partial charge in [0.1, 0.15) is 5.75 Å². The molecule has 0 radical (unpaired) electrons. The molecule has 0 bridgehead atoms. The molecule has 30 heavy (non-hydrogen) atoms. The number of methoxy groups -OCH3 is 1. The Balaban J connectivity index is 1.30. The van der Waals surface area contributed by atoms with Crippen LogP contribution in [-0.2, 0) is 12.0 Å². The molecule has 2 heterocycles. The molecular formula is C26H35N3O. The number of fused-ring (bicyclic) bond motifs is 2. The highest BCUT2D eigenvalue weighted by molar-refractivity contribution is 5.76. The standard InChI is InChI=1S/C26H35N3O/c1-26(2)22-10-9-21(30-3)17-25(22)27-24-11-8-19(16-23(24)26)18-28-12-14-29(15-13-28)20-6-4-5-7-20/h8-11,16-17,20,27H,4-7,12-15,18H2,1-3H3. The van der Waals surface area contributed by atoms with Gasteiger partial charge in [-0.2, -0.15) is 0 Å². The molecule has 1 aliphatic carbocycles. The van der Waals surface area contributed by atoms with Crippen molar-refractivity contribution in [3.63, 3.8) is 0 Å². The molecule has 4 nitrogen and oxygen atoms in total. The van der Waals surface area contributed by atoms with Crippen LogP contribution < -0.4 is 10.1 Å². The summed E-state index contributed by atoms with van der Waals surface area (Å²) in [6, 6.07) is 14.2. The summed E-state index contributed by atoms with van der Waals surface area (Å²) >= 11 is 0. The van der Waals surface area contributed by atoms with Crippen LogP contribution in [0.3, 0.4) is 0 Å². The maximum Gasteiger partial charge on any atom is 0.120 e. The molecule has 4 heteroatoms. The Bertz CT molecular complexity index is 908. The quantitative estimate of drug-likeness (QED) is 0.762. The van der Waals surface area contributed by atoms with Gasteiger partial charge in [-0.05, 0) is 41.7 Å². The lowest BCUT2D eigenvalue weighted by molar-refractivity contribution is 0.0937. The van der Waals surface area contributed by atoms with E-state index >= 15 is 0 Å². The van der Waals surface area contributed by atoms with Crippen molar-refractivity contribution in [2.75, 3.05) is 38.6 Å². The van der Waals surface area contributed by atoms with E-state index < -0.39 is 0 Å². The van der Waals surface area contributed by atoms with Gasteiger partial charge in [0, 0.05) is 61.6 Å². The predicted molar refractivity (Wildman–Crippen MR) is 124 cm³/mol. The Hall–Kier alpha value is -2.04. The molecule has 0 aromatic heterocycles. The minimum absolute atomic E-state index is 0.0284. The lowest BCUT2D eigenvalue weighted by Crippen LogP contribution is -2.49. The molecule has 3 aliphatic rings. The second-order valence-corrected chi connectivity index (χ2v) is 9.79. The number of ether oxygens (including phenoxy) is 1. The van der Waals surface area contributed by atoms with Gasteiger partial charge in [-0.15, -0.1) is 0 Å². The Morgan fingerprint density at radius 2 is 1.70 bits per heavy atom. The van der Waals surface area contributed by atoms with E-state index in [-0.39, 0.29) is 5.41 Å². The van der Waals surface area contributed by atoms with Crippen molar-refractivity contribution in [2.24, 2.45) is 0 Å². The van der Waals surface area contributed by atoms with Gasteiger partial charge >= 0.3 is 0 Å². The van der Waals surface area contributed by atoms with Crippen molar-refractivity contribution < 1.29 is 4.74 Å². The third kappa shape index (κ3) is 3.61. The first-order valence-electron chi connectivity index (χ1n) is 11.6. The fraction of sp³-hybridized carbons (Fsp3) is 0.538. The van der Waals surface area contributed by atoms with Crippen LogP contribution in [0.2, 0.25) is 0 Å². The smallest absolute Gasteiger partial charge is 0.120 e. The van der Waals surface area contributed by atoms with Crippen molar-refractivity contribution in [3.8, 4) is 5.75 Å². The van der Waals surface area contributed by atoms with Gasteiger partial charge in [0.25, 0.3) is 0 Å². The molecule has 1 saturated heterocycles. The van der Waals surface area contributed by atoms with E-state index in [2.05, 4.69) is 65.4 Å². The summed E-state index contributed by atoms with van der Waals surface area (Å²) < 4.78 is 5.43. The highest BCUT2D eigenvalue weighted by Gasteiger charge is 2.33. The maximum atomic E-state index is 5.43. The highest BCUT2D eigenvalue weighted by Crippen LogP contribution is 2.46. The predicted octanol–water partition coefficient (Wildman–Crippen LogP) is 5.14. The van der Waals surface area contributed by atoms with Crippen LogP contribution in [0, 0.1) is 0 Å². The monoisotopic (exact) mass is 405 g/mol. The van der Waals surface area contributed by atoms with E-state index in [0.29, 0.717) is 0 Å². The van der Waals surface area contributed by atoms with Gasteiger partial charge in [-0.25, -0.2) is 0 Å². The Kier molecular flexibility index (Phi) is 5.24. The van der Waals surface area contributed by atoms with Crippen LogP contribution in [0.4, 0.5) is 11.4 Å². The summed E-state index contributed by atoms with van der Waals surface area (Å²) in [6.45, 7) is 10.6. The molecule has 2 aromatic carbocycles. The first kappa shape index (κ1) is 19.9. The number of hydrogen-bond acceptors (Lipinski definition) is 4. The Morgan fingerprint density at radius 1 is 0.933 bits per heavy atom. The molecule has 0 unspecified atom stereocenters. The third-order valence-corrected chi connectivity index (χ3v) is 7.58. The van der Waals surface area contributed by atoms with Gasteiger partial charge in [0.2, 0.25) is 0 Å². The number of hydrogen-bond donors (Lipinski definition) is 1. The molecule has 0 amide bonds. The molecule has 2 fully saturated rings. The van der Waals surface area contributed by atoms with Gasteiger partial charge in [0.15, 0.2) is 0 Å². The molecule has 5 rings (SSSR count). The summed E-state index contributed by atoms with van der Waals surface area (Å²) in [5.41, 5.74) is 6.49. The third-order valence-electron chi connectivity index (χ3n) is 7.58.